The molecule has 4 heteroatoms. The number of hydrogen-bond donors (Lipinski definition) is 2. The van der Waals surface area contributed by atoms with Crippen molar-refractivity contribution in [3.05, 3.63) is 59.7 Å². The summed E-state index contributed by atoms with van der Waals surface area (Å²) >= 11 is 0. The molecule has 0 heterocycles. The number of ether oxygens (including phenoxy) is 2. The lowest BCUT2D eigenvalue weighted by molar-refractivity contribution is 0.303. The van der Waals surface area contributed by atoms with Crippen LogP contribution in [0.2, 0.25) is 0 Å². The quantitative estimate of drug-likeness (QED) is 0.846. The molecule has 0 amide bonds. The lowest BCUT2D eigenvalue weighted by Crippen LogP contribution is -2.21. The average molecular weight is 272 g/mol. The van der Waals surface area contributed by atoms with Gasteiger partial charge in [0.1, 0.15) is 18.1 Å². The molecule has 0 saturated heterocycles. The van der Waals surface area contributed by atoms with Crippen LogP contribution in [0, 0.1) is 0 Å². The van der Waals surface area contributed by atoms with Gasteiger partial charge >= 0.3 is 0 Å². The maximum atomic E-state index is 5.94. The van der Waals surface area contributed by atoms with Crippen molar-refractivity contribution in [2.75, 3.05) is 13.7 Å². The maximum Gasteiger partial charge on any atom is 0.127 e. The van der Waals surface area contributed by atoms with Crippen molar-refractivity contribution in [2.24, 2.45) is 11.5 Å². The molecule has 4 nitrogen and oxygen atoms in total. The van der Waals surface area contributed by atoms with E-state index in [1.54, 1.807) is 7.11 Å². The maximum absolute atomic E-state index is 5.94. The predicted molar refractivity (Wildman–Crippen MR) is 79.8 cm³/mol. The van der Waals surface area contributed by atoms with Crippen molar-refractivity contribution in [2.45, 2.75) is 12.6 Å². The second kappa shape index (κ2) is 6.93. The fraction of sp³-hybridized carbons (Fsp3) is 0.250. The van der Waals surface area contributed by atoms with Crippen molar-refractivity contribution in [3.8, 4) is 11.5 Å². The molecule has 20 heavy (non-hydrogen) atoms. The SMILES string of the molecule is COc1cc(OCc2ccccc2)ccc1C(N)CN. The van der Waals surface area contributed by atoms with Crippen molar-refractivity contribution < 1.29 is 9.47 Å². The van der Waals surface area contributed by atoms with Gasteiger partial charge in [-0.2, -0.15) is 0 Å². The fourth-order valence-corrected chi connectivity index (χ4v) is 1.96. The molecular weight excluding hydrogens is 252 g/mol. The zero-order valence-electron chi connectivity index (χ0n) is 11.6. The third kappa shape index (κ3) is 3.50. The van der Waals surface area contributed by atoms with E-state index >= 15 is 0 Å². The van der Waals surface area contributed by atoms with Crippen LogP contribution in [0.25, 0.3) is 0 Å². The minimum Gasteiger partial charge on any atom is -0.496 e. The Morgan fingerprint density at radius 1 is 1.10 bits per heavy atom. The first-order valence-corrected chi connectivity index (χ1v) is 6.55. The molecule has 1 unspecified atom stereocenters. The van der Waals surface area contributed by atoms with Crippen LogP contribution in [-0.4, -0.2) is 13.7 Å². The third-order valence-electron chi connectivity index (χ3n) is 3.11. The van der Waals surface area contributed by atoms with Crippen LogP contribution in [0.1, 0.15) is 17.2 Å². The van der Waals surface area contributed by atoms with Crippen LogP contribution in [0.4, 0.5) is 0 Å². The monoisotopic (exact) mass is 272 g/mol. The summed E-state index contributed by atoms with van der Waals surface area (Å²) in [6.07, 6.45) is 0. The zero-order valence-corrected chi connectivity index (χ0v) is 11.6. The molecule has 0 aliphatic rings. The molecule has 2 aromatic carbocycles. The first kappa shape index (κ1) is 14.4. The molecule has 0 aliphatic carbocycles. The number of hydrogen-bond acceptors (Lipinski definition) is 4. The molecule has 106 valence electrons. The Labute approximate surface area is 119 Å². The van der Waals surface area contributed by atoms with Gasteiger partial charge in [0.2, 0.25) is 0 Å². The first-order valence-electron chi connectivity index (χ1n) is 6.55. The van der Waals surface area contributed by atoms with Gasteiger partial charge in [0, 0.05) is 24.2 Å². The van der Waals surface area contributed by atoms with E-state index in [-0.39, 0.29) is 6.04 Å². The molecule has 0 fully saturated rings. The fourth-order valence-electron chi connectivity index (χ4n) is 1.96. The highest BCUT2D eigenvalue weighted by Gasteiger charge is 2.11. The van der Waals surface area contributed by atoms with Gasteiger partial charge in [0.15, 0.2) is 0 Å². The second-order valence-corrected chi connectivity index (χ2v) is 4.52. The van der Waals surface area contributed by atoms with Gasteiger partial charge in [-0.3, -0.25) is 0 Å². The van der Waals surface area contributed by atoms with Crippen LogP contribution in [-0.2, 0) is 6.61 Å². The summed E-state index contributed by atoms with van der Waals surface area (Å²) in [4.78, 5) is 0. The number of methoxy groups -OCH3 is 1. The van der Waals surface area contributed by atoms with E-state index in [0.717, 1.165) is 16.9 Å². The topological polar surface area (TPSA) is 70.5 Å². The summed E-state index contributed by atoms with van der Waals surface area (Å²) in [5.74, 6) is 1.45. The van der Waals surface area contributed by atoms with E-state index in [9.17, 15) is 0 Å². The Morgan fingerprint density at radius 2 is 1.85 bits per heavy atom. The average Bonchev–Trinajstić information content (AvgIpc) is 2.52. The molecule has 0 saturated carbocycles. The molecule has 0 aromatic heterocycles. The zero-order chi connectivity index (χ0) is 14.4. The largest absolute Gasteiger partial charge is 0.496 e. The van der Waals surface area contributed by atoms with Gasteiger partial charge in [0.25, 0.3) is 0 Å². The molecule has 1 atom stereocenters. The lowest BCUT2D eigenvalue weighted by atomic mass is 10.1. The highest BCUT2D eigenvalue weighted by atomic mass is 16.5. The first-order chi connectivity index (χ1) is 9.74. The van der Waals surface area contributed by atoms with E-state index in [4.69, 9.17) is 20.9 Å². The van der Waals surface area contributed by atoms with E-state index in [0.29, 0.717) is 18.9 Å². The van der Waals surface area contributed by atoms with E-state index < -0.39 is 0 Å². The van der Waals surface area contributed by atoms with Gasteiger partial charge in [-0.05, 0) is 11.6 Å². The summed E-state index contributed by atoms with van der Waals surface area (Å²) in [6, 6.07) is 15.4. The Bertz CT molecular complexity index is 543. The minimum absolute atomic E-state index is 0.229. The third-order valence-corrected chi connectivity index (χ3v) is 3.11. The summed E-state index contributed by atoms with van der Waals surface area (Å²) in [5.41, 5.74) is 13.5. The Hall–Kier alpha value is -2.04. The highest BCUT2D eigenvalue weighted by Crippen LogP contribution is 2.28. The summed E-state index contributed by atoms with van der Waals surface area (Å²) in [7, 11) is 1.61. The molecule has 4 N–H and O–H groups in total. The minimum atomic E-state index is -0.229. The molecule has 0 radical (unpaired) electrons. The molecule has 0 spiro atoms. The summed E-state index contributed by atoms with van der Waals surface area (Å²) < 4.78 is 11.1. The Balaban J connectivity index is 2.09. The van der Waals surface area contributed by atoms with Crippen molar-refractivity contribution >= 4 is 0 Å². The molecule has 0 bridgehead atoms. The number of benzene rings is 2. The number of nitrogens with two attached hydrogens (primary N) is 2. The van der Waals surface area contributed by atoms with Crippen LogP contribution < -0.4 is 20.9 Å². The summed E-state index contributed by atoms with van der Waals surface area (Å²) in [5, 5.41) is 0. The lowest BCUT2D eigenvalue weighted by Gasteiger charge is -2.15. The van der Waals surface area contributed by atoms with Gasteiger partial charge in [-0.15, -0.1) is 0 Å². The van der Waals surface area contributed by atoms with Crippen molar-refractivity contribution in [1.82, 2.24) is 0 Å². The molecular formula is C16H20N2O2. The molecule has 0 aliphatic heterocycles. The second-order valence-electron chi connectivity index (χ2n) is 4.52. The van der Waals surface area contributed by atoms with Gasteiger partial charge < -0.3 is 20.9 Å². The van der Waals surface area contributed by atoms with E-state index in [1.165, 1.54) is 0 Å². The smallest absolute Gasteiger partial charge is 0.127 e. The standard InChI is InChI=1S/C16H20N2O2/c1-19-16-9-13(7-8-14(16)15(18)10-17)20-11-12-5-3-2-4-6-12/h2-9,15H,10-11,17-18H2,1H3. The van der Waals surface area contributed by atoms with Gasteiger partial charge in [-0.25, -0.2) is 0 Å². The van der Waals surface area contributed by atoms with Gasteiger partial charge in [-0.1, -0.05) is 36.4 Å². The Morgan fingerprint density at radius 3 is 2.50 bits per heavy atom. The van der Waals surface area contributed by atoms with E-state index in [1.807, 2.05) is 48.5 Å². The van der Waals surface area contributed by atoms with E-state index in [2.05, 4.69) is 0 Å². The predicted octanol–water partition coefficient (Wildman–Crippen LogP) is 2.23. The number of rotatable bonds is 6. The highest BCUT2D eigenvalue weighted by molar-refractivity contribution is 5.42. The van der Waals surface area contributed by atoms with Crippen LogP contribution in [0.15, 0.2) is 48.5 Å². The van der Waals surface area contributed by atoms with Gasteiger partial charge in [0.05, 0.1) is 7.11 Å². The normalized spacial score (nSPS) is 11.9. The van der Waals surface area contributed by atoms with Crippen LogP contribution in [0.5, 0.6) is 11.5 Å². The summed E-state index contributed by atoms with van der Waals surface area (Å²) in [6.45, 7) is 0.896. The molecule has 2 rings (SSSR count). The Kier molecular flexibility index (Phi) is 4.98. The van der Waals surface area contributed by atoms with Crippen LogP contribution in [0.3, 0.4) is 0 Å². The van der Waals surface area contributed by atoms with Crippen LogP contribution >= 0.6 is 0 Å². The van der Waals surface area contributed by atoms with Crippen molar-refractivity contribution in [3.63, 3.8) is 0 Å². The molecule has 2 aromatic rings. The van der Waals surface area contributed by atoms with Crippen molar-refractivity contribution in [1.29, 1.82) is 0 Å².